The maximum atomic E-state index is 11.9. The molecule has 0 saturated carbocycles. The zero-order valence-electron chi connectivity index (χ0n) is 9.16. The van der Waals surface area contributed by atoms with Crippen LogP contribution < -0.4 is 4.72 Å². The minimum absolute atomic E-state index is 0.236. The minimum atomic E-state index is -3.70. The molecule has 0 radical (unpaired) electrons. The number of aromatic nitrogens is 2. The van der Waals surface area contributed by atoms with Crippen molar-refractivity contribution in [3.8, 4) is 0 Å². The second kappa shape index (κ2) is 4.50. The van der Waals surface area contributed by atoms with Crippen LogP contribution in [0.25, 0.3) is 0 Å². The molecule has 2 aromatic rings. The summed E-state index contributed by atoms with van der Waals surface area (Å²) in [7, 11) is -3.70. The molecule has 88 valence electrons. The third kappa shape index (κ3) is 2.79. The normalized spacial score (nSPS) is 11.1. The molecule has 0 aliphatic heterocycles. The maximum Gasteiger partial charge on any atom is 0.297 e. The molecule has 6 heteroatoms. The van der Waals surface area contributed by atoms with Crippen molar-refractivity contribution in [1.29, 1.82) is 0 Å². The van der Waals surface area contributed by atoms with Crippen molar-refractivity contribution in [1.82, 2.24) is 9.97 Å². The summed E-state index contributed by atoms with van der Waals surface area (Å²) < 4.78 is 26.1. The lowest BCUT2D eigenvalue weighted by molar-refractivity contribution is 0.592. The maximum absolute atomic E-state index is 11.9. The van der Waals surface area contributed by atoms with Gasteiger partial charge in [-0.05, 0) is 25.1 Å². The highest BCUT2D eigenvalue weighted by molar-refractivity contribution is 7.92. The van der Waals surface area contributed by atoms with Crippen LogP contribution in [0.1, 0.15) is 5.56 Å². The van der Waals surface area contributed by atoms with Crippen molar-refractivity contribution >= 4 is 15.7 Å². The zero-order valence-corrected chi connectivity index (χ0v) is 9.98. The van der Waals surface area contributed by atoms with Crippen LogP contribution in [0.3, 0.4) is 0 Å². The molecule has 1 aromatic carbocycles. The molecule has 5 nitrogen and oxygen atoms in total. The third-order valence-corrected chi connectivity index (χ3v) is 3.28. The fraction of sp³-hybridized carbons (Fsp3) is 0.0909. The van der Waals surface area contributed by atoms with Gasteiger partial charge in [-0.1, -0.05) is 17.7 Å². The fourth-order valence-corrected chi connectivity index (χ4v) is 2.18. The van der Waals surface area contributed by atoms with Crippen molar-refractivity contribution in [2.45, 2.75) is 12.1 Å². The summed E-state index contributed by atoms with van der Waals surface area (Å²) in [6.45, 7) is 1.93. The number of benzene rings is 1. The first kappa shape index (κ1) is 11.5. The van der Waals surface area contributed by atoms with Crippen LogP contribution in [-0.2, 0) is 10.0 Å². The lowest BCUT2D eigenvalue weighted by atomic mass is 10.2. The third-order valence-electron chi connectivity index (χ3n) is 2.09. The summed E-state index contributed by atoms with van der Waals surface area (Å²) >= 11 is 0. The largest absolute Gasteiger partial charge is 0.297 e. The second-order valence-corrected chi connectivity index (χ2v) is 5.08. The molecule has 0 bridgehead atoms. The summed E-state index contributed by atoms with van der Waals surface area (Å²) in [6.07, 6.45) is 2.77. The van der Waals surface area contributed by atoms with Crippen LogP contribution in [0, 0.1) is 6.92 Å². The summed E-state index contributed by atoms with van der Waals surface area (Å²) in [4.78, 5) is 7.41. The van der Waals surface area contributed by atoms with Crippen LogP contribution in [0.2, 0.25) is 0 Å². The second-order valence-electron chi connectivity index (χ2n) is 3.50. The standard InChI is InChI=1S/C11H11N3O2S/c1-9-3-5-10(6-4-9)14-17(15,16)11-12-7-2-8-13-11/h2-8,14H,1H3. The van der Waals surface area contributed by atoms with Gasteiger partial charge in [0.1, 0.15) is 0 Å². The highest BCUT2D eigenvalue weighted by atomic mass is 32.2. The Morgan fingerprint density at radius 2 is 1.65 bits per heavy atom. The van der Waals surface area contributed by atoms with Crippen molar-refractivity contribution in [3.05, 3.63) is 48.3 Å². The van der Waals surface area contributed by atoms with Gasteiger partial charge in [0.05, 0.1) is 0 Å². The molecular weight excluding hydrogens is 238 g/mol. The number of nitrogens with one attached hydrogen (secondary N) is 1. The van der Waals surface area contributed by atoms with Gasteiger partial charge in [0.2, 0.25) is 0 Å². The Morgan fingerprint density at radius 1 is 1.06 bits per heavy atom. The summed E-state index contributed by atoms with van der Waals surface area (Å²) in [6, 6.07) is 8.59. The lowest BCUT2D eigenvalue weighted by Gasteiger charge is -2.06. The van der Waals surface area contributed by atoms with E-state index in [-0.39, 0.29) is 5.16 Å². The molecule has 1 aromatic heterocycles. The number of sulfonamides is 1. The molecule has 0 unspecified atom stereocenters. The Hall–Kier alpha value is -1.95. The molecular formula is C11H11N3O2S. The Bertz CT molecular complexity index is 594. The van der Waals surface area contributed by atoms with Gasteiger partial charge in [0, 0.05) is 18.1 Å². The van der Waals surface area contributed by atoms with Crippen molar-refractivity contribution in [2.24, 2.45) is 0 Å². The first-order chi connectivity index (χ1) is 8.08. The van der Waals surface area contributed by atoms with E-state index in [2.05, 4.69) is 14.7 Å². The number of nitrogens with zero attached hydrogens (tertiary/aromatic N) is 2. The quantitative estimate of drug-likeness (QED) is 0.838. The molecule has 2 rings (SSSR count). The molecule has 0 aliphatic rings. The van der Waals surface area contributed by atoms with Crippen molar-refractivity contribution < 1.29 is 8.42 Å². The minimum Gasteiger partial charge on any atom is -0.277 e. The van der Waals surface area contributed by atoms with Crippen LogP contribution in [0.5, 0.6) is 0 Å². The molecule has 0 spiro atoms. The number of anilines is 1. The number of rotatable bonds is 3. The Labute approximate surface area is 99.6 Å². The van der Waals surface area contributed by atoms with Gasteiger partial charge in [0.15, 0.2) is 0 Å². The summed E-state index contributed by atoms with van der Waals surface area (Å²) in [5, 5.41) is -0.236. The molecule has 0 fully saturated rings. The van der Waals surface area contributed by atoms with E-state index in [9.17, 15) is 8.42 Å². The SMILES string of the molecule is Cc1ccc(NS(=O)(=O)c2ncccn2)cc1. The van der Waals surface area contributed by atoms with E-state index in [0.717, 1.165) is 5.56 Å². The average Bonchev–Trinajstić information content (AvgIpc) is 2.33. The fourth-order valence-electron chi connectivity index (χ4n) is 1.25. The predicted octanol–water partition coefficient (Wildman–Crippen LogP) is 1.59. The zero-order chi connectivity index (χ0) is 12.3. The van der Waals surface area contributed by atoms with E-state index in [1.54, 1.807) is 18.2 Å². The molecule has 17 heavy (non-hydrogen) atoms. The van der Waals surface area contributed by atoms with Gasteiger partial charge in [0.25, 0.3) is 15.2 Å². The number of aryl methyl sites for hydroxylation is 1. The smallest absolute Gasteiger partial charge is 0.277 e. The molecule has 1 heterocycles. The van der Waals surface area contributed by atoms with E-state index in [1.807, 2.05) is 19.1 Å². The monoisotopic (exact) mass is 249 g/mol. The topological polar surface area (TPSA) is 72.0 Å². The Kier molecular flexibility index (Phi) is 3.06. The number of hydrogen-bond acceptors (Lipinski definition) is 4. The van der Waals surface area contributed by atoms with Crippen molar-refractivity contribution in [2.75, 3.05) is 4.72 Å². The van der Waals surface area contributed by atoms with Crippen LogP contribution >= 0.6 is 0 Å². The molecule has 1 N–H and O–H groups in total. The van der Waals surface area contributed by atoms with E-state index < -0.39 is 10.0 Å². The molecule has 0 aliphatic carbocycles. The first-order valence-corrected chi connectivity index (χ1v) is 6.43. The van der Waals surface area contributed by atoms with Gasteiger partial charge in [-0.2, -0.15) is 8.42 Å². The van der Waals surface area contributed by atoms with Crippen molar-refractivity contribution in [3.63, 3.8) is 0 Å². The van der Waals surface area contributed by atoms with Gasteiger partial charge in [-0.25, -0.2) is 9.97 Å². The average molecular weight is 249 g/mol. The van der Waals surface area contributed by atoms with E-state index >= 15 is 0 Å². The van der Waals surface area contributed by atoms with Gasteiger partial charge >= 0.3 is 0 Å². The van der Waals surface area contributed by atoms with Gasteiger partial charge < -0.3 is 0 Å². The van der Waals surface area contributed by atoms with Gasteiger partial charge in [-0.15, -0.1) is 0 Å². The van der Waals surface area contributed by atoms with E-state index in [1.165, 1.54) is 12.4 Å². The van der Waals surface area contributed by atoms with Crippen LogP contribution in [0.4, 0.5) is 5.69 Å². The highest BCUT2D eigenvalue weighted by Crippen LogP contribution is 2.13. The summed E-state index contributed by atoms with van der Waals surface area (Å²) in [5.74, 6) is 0. The van der Waals surface area contributed by atoms with Crippen LogP contribution in [-0.4, -0.2) is 18.4 Å². The first-order valence-electron chi connectivity index (χ1n) is 4.94. The Morgan fingerprint density at radius 3 is 2.24 bits per heavy atom. The van der Waals surface area contributed by atoms with Crippen LogP contribution in [0.15, 0.2) is 47.9 Å². The lowest BCUT2D eigenvalue weighted by Crippen LogP contribution is -2.15. The predicted molar refractivity (Wildman–Crippen MR) is 64.0 cm³/mol. The Balaban J connectivity index is 2.27. The molecule has 0 amide bonds. The molecule has 0 saturated heterocycles. The highest BCUT2D eigenvalue weighted by Gasteiger charge is 2.16. The van der Waals surface area contributed by atoms with Gasteiger partial charge in [-0.3, -0.25) is 4.72 Å². The van der Waals surface area contributed by atoms with E-state index in [4.69, 9.17) is 0 Å². The van der Waals surface area contributed by atoms with E-state index in [0.29, 0.717) is 5.69 Å². The molecule has 0 atom stereocenters. The number of hydrogen-bond donors (Lipinski definition) is 1. The summed E-state index contributed by atoms with van der Waals surface area (Å²) in [5.41, 5.74) is 1.55.